The smallest absolute Gasteiger partial charge is 0.248 e. The van der Waals surface area contributed by atoms with E-state index in [1.165, 1.54) is 30.9 Å². The average molecular weight is 593 g/mol. The Bertz CT molecular complexity index is 1540. The normalized spacial score (nSPS) is 23.0. The van der Waals surface area contributed by atoms with E-state index < -0.39 is 29.1 Å². The third-order valence-corrected chi connectivity index (χ3v) is 8.91. The van der Waals surface area contributed by atoms with E-state index in [-0.39, 0.29) is 28.0 Å². The highest BCUT2D eigenvalue weighted by Crippen LogP contribution is 2.56. The molecule has 3 aromatic rings. The number of amides is 2. The Morgan fingerprint density at radius 2 is 1.93 bits per heavy atom. The second-order valence-corrected chi connectivity index (χ2v) is 12.9. The second-order valence-electron chi connectivity index (χ2n) is 12.5. The summed E-state index contributed by atoms with van der Waals surface area (Å²) in [5.74, 6) is -1.78. The van der Waals surface area contributed by atoms with E-state index >= 15 is 4.39 Å². The maximum absolute atomic E-state index is 16.0. The van der Waals surface area contributed by atoms with E-state index in [4.69, 9.17) is 22.1 Å². The van der Waals surface area contributed by atoms with Crippen LogP contribution in [0.1, 0.15) is 67.1 Å². The van der Waals surface area contributed by atoms with Crippen LogP contribution in [0.25, 0.3) is 0 Å². The van der Waals surface area contributed by atoms with E-state index in [1.807, 2.05) is 0 Å². The molecule has 2 aliphatic heterocycles. The average Bonchev–Trinajstić information content (AvgIpc) is 3.47. The summed E-state index contributed by atoms with van der Waals surface area (Å²) in [6, 6.07) is 15.0. The molecule has 0 aromatic heterocycles. The first-order chi connectivity index (χ1) is 19.9. The van der Waals surface area contributed by atoms with Crippen molar-refractivity contribution >= 4 is 34.8 Å². The van der Waals surface area contributed by atoms with Gasteiger partial charge in [-0.1, -0.05) is 63.6 Å². The van der Waals surface area contributed by atoms with Crippen LogP contribution in [0.4, 0.5) is 15.8 Å². The number of methoxy groups -OCH3 is 1. The highest BCUT2D eigenvalue weighted by molar-refractivity contribution is 6.30. The number of halogens is 2. The van der Waals surface area contributed by atoms with Crippen molar-refractivity contribution < 1.29 is 18.7 Å². The predicted octanol–water partition coefficient (Wildman–Crippen LogP) is 6.01. The summed E-state index contributed by atoms with van der Waals surface area (Å²) >= 11 is 6.34. The van der Waals surface area contributed by atoms with Gasteiger partial charge in [0.05, 0.1) is 23.9 Å². The van der Waals surface area contributed by atoms with Gasteiger partial charge in [-0.3, -0.25) is 9.59 Å². The fraction of sp³-hybridized carbons (Fsp3) is 0.394. The molecule has 4 atom stereocenters. The highest BCUT2D eigenvalue weighted by Gasteiger charge is 2.61. The van der Waals surface area contributed by atoms with Gasteiger partial charge in [-0.05, 0) is 65.3 Å². The summed E-state index contributed by atoms with van der Waals surface area (Å²) in [6.07, 6.45) is 1.63. The Balaban J connectivity index is 1.66. The zero-order valence-electron chi connectivity index (χ0n) is 24.6. The number of rotatable bonds is 7. The van der Waals surface area contributed by atoms with Gasteiger partial charge in [0.1, 0.15) is 11.6 Å². The van der Waals surface area contributed by atoms with Gasteiger partial charge in [-0.15, -0.1) is 0 Å². The van der Waals surface area contributed by atoms with Crippen LogP contribution in [-0.2, 0) is 16.6 Å². The van der Waals surface area contributed by atoms with Gasteiger partial charge in [0.15, 0.2) is 0 Å². The molecule has 222 valence electrons. The summed E-state index contributed by atoms with van der Waals surface area (Å²) < 4.78 is 21.4. The van der Waals surface area contributed by atoms with Gasteiger partial charge >= 0.3 is 0 Å². The molecule has 2 amide bonds. The Morgan fingerprint density at radius 3 is 2.60 bits per heavy atom. The molecule has 5 N–H and O–H groups in total. The molecule has 4 unspecified atom stereocenters. The van der Waals surface area contributed by atoms with Crippen LogP contribution in [0.15, 0.2) is 54.6 Å². The van der Waals surface area contributed by atoms with Crippen LogP contribution in [-0.4, -0.2) is 37.6 Å². The fourth-order valence-corrected chi connectivity index (χ4v) is 6.90. The number of carbonyl (C=O) groups excluding carboxylic acids is 2. The maximum atomic E-state index is 16.0. The standard InChI is InChI=1S/C33H38ClFN4O3/c1-6-18-10-12-21-24(14-18)37-17-33(21)26(16-32(2,3)4)39-29(27(33)20-8-7-9-22(34)28(20)35)31(41)38-23-13-11-19(30(36)40)15-25(23)42-5/h7-15,26-27,29,37,39H,6,16-17H2,1-5H3,(H2,36,40)(H,38,41). The number of nitrogens with one attached hydrogen (secondary N) is 3. The molecule has 1 saturated heterocycles. The maximum Gasteiger partial charge on any atom is 0.248 e. The van der Waals surface area contributed by atoms with Crippen LogP contribution in [0.5, 0.6) is 5.75 Å². The van der Waals surface area contributed by atoms with Crippen molar-refractivity contribution in [1.29, 1.82) is 0 Å². The molecule has 7 nitrogen and oxygen atoms in total. The van der Waals surface area contributed by atoms with Gasteiger partial charge in [0, 0.05) is 35.2 Å². The fourth-order valence-electron chi connectivity index (χ4n) is 6.72. The molecule has 3 aromatic carbocycles. The third kappa shape index (κ3) is 5.22. The van der Waals surface area contributed by atoms with Crippen molar-refractivity contribution in [2.75, 3.05) is 24.3 Å². The third-order valence-electron chi connectivity index (χ3n) is 8.62. The Labute approximate surface area is 251 Å². The van der Waals surface area contributed by atoms with Crippen molar-refractivity contribution in [2.24, 2.45) is 11.1 Å². The first-order valence-electron chi connectivity index (χ1n) is 14.3. The summed E-state index contributed by atoms with van der Waals surface area (Å²) in [5.41, 5.74) is 8.99. The summed E-state index contributed by atoms with van der Waals surface area (Å²) in [4.78, 5) is 26.0. The van der Waals surface area contributed by atoms with Crippen molar-refractivity contribution in [3.8, 4) is 5.75 Å². The lowest BCUT2D eigenvalue weighted by atomic mass is 9.63. The number of carbonyl (C=O) groups is 2. The minimum absolute atomic E-state index is 0.0114. The monoisotopic (exact) mass is 592 g/mol. The van der Waals surface area contributed by atoms with Crippen LogP contribution >= 0.6 is 11.6 Å². The lowest BCUT2D eigenvalue weighted by Crippen LogP contribution is -2.46. The van der Waals surface area contributed by atoms with Gasteiger partial charge in [-0.2, -0.15) is 0 Å². The molecule has 0 bridgehead atoms. The first kappa shape index (κ1) is 29.9. The number of fused-ring (bicyclic) bond motifs is 2. The molecule has 1 fully saturated rings. The van der Waals surface area contributed by atoms with Crippen molar-refractivity contribution in [3.05, 3.63) is 87.7 Å². The zero-order valence-corrected chi connectivity index (χ0v) is 25.4. The van der Waals surface area contributed by atoms with Gasteiger partial charge in [0.25, 0.3) is 0 Å². The Morgan fingerprint density at radius 1 is 1.17 bits per heavy atom. The minimum atomic E-state index is -0.815. The molecule has 2 aliphatic rings. The largest absolute Gasteiger partial charge is 0.495 e. The van der Waals surface area contributed by atoms with Crippen LogP contribution in [0.2, 0.25) is 5.02 Å². The van der Waals surface area contributed by atoms with Crippen molar-refractivity contribution in [1.82, 2.24) is 5.32 Å². The number of nitrogens with two attached hydrogens (primary N) is 1. The SMILES string of the molecule is CCc1ccc2c(c1)NCC21C(CC(C)(C)C)NC(C(=O)Nc2ccc(C(N)=O)cc2OC)C1c1cccc(Cl)c1F. The van der Waals surface area contributed by atoms with E-state index in [0.29, 0.717) is 23.5 Å². The van der Waals surface area contributed by atoms with E-state index in [2.05, 4.69) is 61.8 Å². The Hall–Kier alpha value is -3.62. The first-order valence-corrected chi connectivity index (χ1v) is 14.6. The number of benzene rings is 3. The van der Waals surface area contributed by atoms with E-state index in [1.54, 1.807) is 18.2 Å². The molecule has 0 radical (unpaired) electrons. The second kappa shape index (κ2) is 11.2. The minimum Gasteiger partial charge on any atom is -0.495 e. The molecule has 42 heavy (non-hydrogen) atoms. The topological polar surface area (TPSA) is 105 Å². The molecule has 5 rings (SSSR count). The van der Waals surface area contributed by atoms with Crippen LogP contribution in [0, 0.1) is 11.2 Å². The number of hydrogen-bond donors (Lipinski definition) is 4. The molecule has 2 heterocycles. The summed E-state index contributed by atoms with van der Waals surface area (Å²) in [5, 5.41) is 10.3. The van der Waals surface area contributed by atoms with Gasteiger partial charge < -0.3 is 26.4 Å². The number of anilines is 2. The van der Waals surface area contributed by atoms with Crippen molar-refractivity contribution in [2.45, 2.75) is 64.0 Å². The lowest BCUT2D eigenvalue weighted by Gasteiger charge is -2.39. The number of aryl methyl sites for hydroxylation is 1. The van der Waals surface area contributed by atoms with Gasteiger partial charge in [0.2, 0.25) is 11.8 Å². The summed E-state index contributed by atoms with van der Waals surface area (Å²) in [7, 11) is 1.45. The molecule has 0 saturated carbocycles. The molecular weight excluding hydrogens is 555 g/mol. The Kier molecular flexibility index (Phi) is 7.98. The number of ether oxygens (including phenoxy) is 1. The van der Waals surface area contributed by atoms with Crippen molar-refractivity contribution in [3.63, 3.8) is 0 Å². The number of hydrogen-bond acceptors (Lipinski definition) is 5. The quantitative estimate of drug-likeness (QED) is 0.269. The predicted molar refractivity (Wildman–Crippen MR) is 165 cm³/mol. The number of primary amides is 1. The van der Waals surface area contributed by atoms with Gasteiger partial charge in [-0.25, -0.2) is 4.39 Å². The van der Waals surface area contributed by atoms with E-state index in [9.17, 15) is 9.59 Å². The molecule has 1 spiro atoms. The summed E-state index contributed by atoms with van der Waals surface area (Å²) in [6.45, 7) is 9.14. The molecule has 0 aliphatic carbocycles. The molecular formula is C33H38ClFN4O3. The van der Waals surface area contributed by atoms with Crippen LogP contribution < -0.4 is 26.4 Å². The van der Waals surface area contributed by atoms with Crippen LogP contribution in [0.3, 0.4) is 0 Å². The lowest BCUT2D eigenvalue weighted by molar-refractivity contribution is -0.118. The molecule has 9 heteroatoms. The highest BCUT2D eigenvalue weighted by atomic mass is 35.5. The zero-order chi connectivity index (χ0) is 30.4. The van der Waals surface area contributed by atoms with E-state index in [0.717, 1.165) is 24.1 Å².